The van der Waals surface area contributed by atoms with Crippen molar-refractivity contribution >= 4 is 16.7 Å². The van der Waals surface area contributed by atoms with Gasteiger partial charge in [-0.3, -0.25) is 14.5 Å². The van der Waals surface area contributed by atoms with Gasteiger partial charge < -0.3 is 0 Å². The molecule has 0 aliphatic heterocycles. The zero-order chi connectivity index (χ0) is 13.2. The first-order valence-corrected chi connectivity index (χ1v) is 6.20. The van der Waals surface area contributed by atoms with E-state index in [-0.39, 0.29) is 5.78 Å². The smallest absolute Gasteiger partial charge is 0.196 e. The molecule has 3 rings (SSSR count). The number of rotatable bonds is 3. The van der Waals surface area contributed by atoms with E-state index in [2.05, 4.69) is 10.1 Å². The molecule has 0 saturated carbocycles. The van der Waals surface area contributed by atoms with Crippen LogP contribution in [0.1, 0.15) is 22.8 Å². The second-order valence-corrected chi connectivity index (χ2v) is 4.32. The van der Waals surface area contributed by atoms with E-state index in [1.54, 1.807) is 29.3 Å². The summed E-state index contributed by atoms with van der Waals surface area (Å²) in [6.07, 6.45) is 5.13. The zero-order valence-electron chi connectivity index (χ0n) is 10.6. The number of hydrogen-bond acceptors (Lipinski definition) is 3. The van der Waals surface area contributed by atoms with Gasteiger partial charge in [0.15, 0.2) is 5.78 Å². The van der Waals surface area contributed by atoms with Crippen LogP contribution in [0.5, 0.6) is 0 Å². The summed E-state index contributed by atoms with van der Waals surface area (Å²) in [7, 11) is 0. The minimum absolute atomic E-state index is 0.00884. The van der Waals surface area contributed by atoms with Crippen LogP contribution in [0.15, 0.2) is 48.9 Å². The summed E-state index contributed by atoms with van der Waals surface area (Å²) in [5.41, 5.74) is 2.17. The fourth-order valence-electron chi connectivity index (χ4n) is 2.04. The van der Waals surface area contributed by atoms with Crippen molar-refractivity contribution in [2.24, 2.45) is 0 Å². The van der Waals surface area contributed by atoms with Gasteiger partial charge in [-0.2, -0.15) is 5.10 Å². The number of aromatic nitrogens is 3. The van der Waals surface area contributed by atoms with Gasteiger partial charge in [0.25, 0.3) is 0 Å². The van der Waals surface area contributed by atoms with Crippen LogP contribution < -0.4 is 0 Å². The Morgan fingerprint density at radius 3 is 2.95 bits per heavy atom. The summed E-state index contributed by atoms with van der Waals surface area (Å²) in [5, 5.41) is 5.10. The number of nitrogens with zero attached hydrogens (tertiary/aromatic N) is 3. The Labute approximate surface area is 110 Å². The molecule has 1 aromatic carbocycles. The Balaban J connectivity index is 2.01. The van der Waals surface area contributed by atoms with Gasteiger partial charge in [0.05, 0.1) is 17.3 Å². The van der Waals surface area contributed by atoms with Gasteiger partial charge in [0.2, 0.25) is 0 Å². The van der Waals surface area contributed by atoms with Crippen LogP contribution in [0.3, 0.4) is 0 Å². The molecule has 0 spiro atoms. The fraction of sp³-hybridized carbons (Fsp3) is 0.133. The van der Waals surface area contributed by atoms with E-state index in [4.69, 9.17) is 0 Å². The highest BCUT2D eigenvalue weighted by Crippen LogP contribution is 2.16. The highest BCUT2D eigenvalue weighted by atomic mass is 16.1. The second kappa shape index (κ2) is 4.65. The van der Waals surface area contributed by atoms with E-state index in [9.17, 15) is 4.79 Å². The van der Waals surface area contributed by atoms with Crippen LogP contribution in [0.4, 0.5) is 0 Å². The molecule has 0 aliphatic rings. The highest BCUT2D eigenvalue weighted by Gasteiger charge is 2.11. The molecule has 0 amide bonds. The van der Waals surface area contributed by atoms with Gasteiger partial charge >= 0.3 is 0 Å². The van der Waals surface area contributed by atoms with Gasteiger partial charge in [-0.05, 0) is 31.2 Å². The maximum absolute atomic E-state index is 12.3. The predicted octanol–water partition coefficient (Wildman–Crippen LogP) is 2.68. The van der Waals surface area contributed by atoms with E-state index in [1.807, 2.05) is 31.2 Å². The molecule has 0 fully saturated rings. The number of pyridine rings is 1. The van der Waals surface area contributed by atoms with Crippen molar-refractivity contribution in [2.75, 3.05) is 0 Å². The summed E-state index contributed by atoms with van der Waals surface area (Å²) >= 11 is 0. The summed E-state index contributed by atoms with van der Waals surface area (Å²) < 4.78 is 1.75. The molecular weight excluding hydrogens is 238 g/mol. The first-order valence-electron chi connectivity index (χ1n) is 6.20. The Bertz CT molecular complexity index is 746. The maximum Gasteiger partial charge on any atom is 0.196 e. The Kier molecular flexibility index (Phi) is 2.83. The van der Waals surface area contributed by atoms with Crippen molar-refractivity contribution in [3.8, 4) is 0 Å². The molecule has 0 saturated heterocycles. The number of carbonyl (C=O) groups excluding carboxylic acids is 1. The Morgan fingerprint density at radius 1 is 1.26 bits per heavy atom. The van der Waals surface area contributed by atoms with Gasteiger partial charge in [-0.15, -0.1) is 0 Å². The van der Waals surface area contributed by atoms with E-state index in [0.717, 1.165) is 17.4 Å². The van der Waals surface area contributed by atoms with E-state index in [1.165, 1.54) is 0 Å². The van der Waals surface area contributed by atoms with Crippen LogP contribution in [-0.2, 0) is 6.54 Å². The minimum Gasteiger partial charge on any atom is -0.288 e. The largest absolute Gasteiger partial charge is 0.288 e. The van der Waals surface area contributed by atoms with E-state index >= 15 is 0 Å². The number of carbonyl (C=O) groups is 1. The average molecular weight is 251 g/mol. The monoisotopic (exact) mass is 251 g/mol. The molecule has 0 bridgehead atoms. The lowest BCUT2D eigenvalue weighted by Gasteiger charge is -2.01. The quantitative estimate of drug-likeness (QED) is 0.672. The van der Waals surface area contributed by atoms with Crippen molar-refractivity contribution in [3.63, 3.8) is 0 Å². The van der Waals surface area contributed by atoms with Crippen LogP contribution in [-0.4, -0.2) is 20.5 Å². The third-order valence-corrected chi connectivity index (χ3v) is 3.08. The third kappa shape index (κ3) is 2.12. The average Bonchev–Trinajstić information content (AvgIpc) is 2.95. The molecule has 2 aromatic heterocycles. The molecule has 0 radical (unpaired) electrons. The lowest BCUT2D eigenvalue weighted by atomic mass is 10.0. The highest BCUT2D eigenvalue weighted by molar-refractivity contribution is 6.10. The van der Waals surface area contributed by atoms with Crippen molar-refractivity contribution in [3.05, 3.63) is 60.0 Å². The molecule has 2 heterocycles. The number of fused-ring (bicyclic) bond motifs is 1. The summed E-state index contributed by atoms with van der Waals surface area (Å²) in [6.45, 7) is 2.75. The molecule has 4 nitrogen and oxygen atoms in total. The number of ketones is 1. The standard InChI is InChI=1S/C15H13N3O/c1-2-18-10-13(9-17-18)15(19)12-5-6-14-11(8-12)4-3-7-16-14/h3-10H,2H2,1H3. The zero-order valence-corrected chi connectivity index (χ0v) is 10.6. The fourth-order valence-corrected chi connectivity index (χ4v) is 2.04. The van der Waals surface area contributed by atoms with E-state index < -0.39 is 0 Å². The molecule has 3 aromatic rings. The van der Waals surface area contributed by atoms with Crippen molar-refractivity contribution < 1.29 is 4.79 Å². The Morgan fingerprint density at radius 2 is 2.16 bits per heavy atom. The van der Waals surface area contributed by atoms with Crippen molar-refractivity contribution in [1.82, 2.24) is 14.8 Å². The third-order valence-electron chi connectivity index (χ3n) is 3.08. The molecule has 19 heavy (non-hydrogen) atoms. The molecule has 0 unspecified atom stereocenters. The minimum atomic E-state index is -0.00884. The topological polar surface area (TPSA) is 47.8 Å². The lowest BCUT2D eigenvalue weighted by Crippen LogP contribution is -2.00. The van der Waals surface area contributed by atoms with Gasteiger partial charge in [-0.1, -0.05) is 6.07 Å². The van der Waals surface area contributed by atoms with Crippen LogP contribution >= 0.6 is 0 Å². The normalized spacial score (nSPS) is 10.8. The van der Waals surface area contributed by atoms with E-state index in [0.29, 0.717) is 11.1 Å². The first-order chi connectivity index (χ1) is 9.28. The van der Waals surface area contributed by atoms with Crippen LogP contribution in [0.2, 0.25) is 0 Å². The van der Waals surface area contributed by atoms with Crippen molar-refractivity contribution in [2.45, 2.75) is 13.5 Å². The SMILES string of the molecule is CCn1cc(C(=O)c2ccc3ncccc3c2)cn1. The Hall–Kier alpha value is -2.49. The number of hydrogen-bond donors (Lipinski definition) is 0. The molecule has 4 heteroatoms. The van der Waals surface area contributed by atoms with Gasteiger partial charge in [0, 0.05) is 29.9 Å². The second-order valence-electron chi connectivity index (χ2n) is 4.32. The molecule has 0 atom stereocenters. The van der Waals surface area contributed by atoms with Gasteiger partial charge in [-0.25, -0.2) is 0 Å². The van der Waals surface area contributed by atoms with Crippen LogP contribution in [0, 0.1) is 0 Å². The lowest BCUT2D eigenvalue weighted by molar-refractivity contribution is 0.103. The maximum atomic E-state index is 12.3. The first kappa shape index (κ1) is 11.6. The van der Waals surface area contributed by atoms with Gasteiger partial charge in [0.1, 0.15) is 0 Å². The molecular formula is C15H13N3O. The summed E-state index contributed by atoms with van der Waals surface area (Å²) in [5.74, 6) is -0.00884. The number of aryl methyl sites for hydroxylation is 1. The number of benzene rings is 1. The van der Waals surface area contributed by atoms with Crippen LogP contribution in [0.25, 0.3) is 10.9 Å². The summed E-state index contributed by atoms with van der Waals surface area (Å²) in [4.78, 5) is 16.6. The predicted molar refractivity (Wildman–Crippen MR) is 73.1 cm³/mol. The molecule has 0 N–H and O–H groups in total. The van der Waals surface area contributed by atoms with Crippen molar-refractivity contribution in [1.29, 1.82) is 0 Å². The summed E-state index contributed by atoms with van der Waals surface area (Å²) in [6, 6.07) is 9.36. The molecule has 0 aliphatic carbocycles. The molecule has 94 valence electrons.